The lowest BCUT2D eigenvalue weighted by Crippen LogP contribution is -2.21. The summed E-state index contributed by atoms with van der Waals surface area (Å²) >= 11 is 0. The van der Waals surface area contributed by atoms with E-state index in [1.54, 1.807) is 18.2 Å². The van der Waals surface area contributed by atoms with E-state index in [9.17, 15) is 9.90 Å². The number of anilines is 2. The summed E-state index contributed by atoms with van der Waals surface area (Å²) in [6.45, 7) is 8.33. The Hall–Kier alpha value is -3.87. The predicted octanol–water partition coefficient (Wildman–Crippen LogP) is 5.77. The van der Waals surface area contributed by atoms with E-state index in [2.05, 4.69) is 41.6 Å². The fourth-order valence-electron chi connectivity index (χ4n) is 3.40. The summed E-state index contributed by atoms with van der Waals surface area (Å²) < 4.78 is 0. The summed E-state index contributed by atoms with van der Waals surface area (Å²) in [5.74, 6) is -0.0964. The lowest BCUT2D eigenvalue weighted by Gasteiger charge is -2.25. The molecule has 3 N–H and O–H groups in total. The van der Waals surface area contributed by atoms with Gasteiger partial charge in [0.25, 0.3) is 0 Å². The zero-order chi connectivity index (χ0) is 22.9. The van der Waals surface area contributed by atoms with Gasteiger partial charge in [-0.05, 0) is 66.3 Å². The van der Waals surface area contributed by atoms with Crippen LogP contribution in [0.1, 0.15) is 38.3 Å². The molecule has 164 valence electrons. The van der Waals surface area contributed by atoms with Crippen molar-refractivity contribution in [1.29, 1.82) is 0 Å². The first-order valence-corrected chi connectivity index (χ1v) is 10.6. The molecule has 3 aromatic carbocycles. The van der Waals surface area contributed by atoms with Gasteiger partial charge in [-0.1, -0.05) is 45.0 Å². The molecule has 1 aromatic heterocycles. The van der Waals surface area contributed by atoms with E-state index in [4.69, 9.17) is 0 Å². The molecule has 0 atom stereocenters. The van der Waals surface area contributed by atoms with Crippen LogP contribution in [0.25, 0.3) is 16.7 Å². The molecular weight excluding hydrogens is 402 g/mol. The van der Waals surface area contributed by atoms with Gasteiger partial charge in [-0.2, -0.15) is 0 Å². The number of nitrogens with one attached hydrogen (secondary N) is 2. The molecular formula is C25H27N5O2. The van der Waals surface area contributed by atoms with Gasteiger partial charge in [0.2, 0.25) is 0 Å². The number of rotatable bonds is 5. The maximum atomic E-state index is 12.6. The molecule has 1 heterocycles. The van der Waals surface area contributed by atoms with Crippen molar-refractivity contribution in [2.75, 3.05) is 10.6 Å². The first-order chi connectivity index (χ1) is 15.3. The molecule has 0 aliphatic carbocycles. The van der Waals surface area contributed by atoms with Gasteiger partial charge < -0.3 is 15.7 Å². The highest BCUT2D eigenvalue weighted by Crippen LogP contribution is 2.38. The highest BCUT2D eigenvalue weighted by atomic mass is 16.3. The lowest BCUT2D eigenvalue weighted by molar-refractivity contribution is 0.262. The Morgan fingerprint density at radius 1 is 1.00 bits per heavy atom. The highest BCUT2D eigenvalue weighted by Gasteiger charge is 2.24. The number of amides is 2. The average molecular weight is 430 g/mol. The lowest BCUT2D eigenvalue weighted by atomic mass is 9.81. The van der Waals surface area contributed by atoms with Crippen LogP contribution in [0.3, 0.4) is 0 Å². The molecule has 32 heavy (non-hydrogen) atoms. The van der Waals surface area contributed by atoms with Gasteiger partial charge in [0.1, 0.15) is 16.7 Å². The number of hydrogen-bond acceptors (Lipinski definition) is 4. The SMILES string of the molecule is CCC(C)(C)c1cc(NC(=O)Nc2ccccc2)c(O)c(-n2nc3ccc(C)cc3n2)c1. The van der Waals surface area contributed by atoms with Crippen LogP contribution in [0.15, 0.2) is 60.7 Å². The molecule has 0 bridgehead atoms. The van der Waals surface area contributed by atoms with Crippen LogP contribution in [-0.2, 0) is 5.41 Å². The van der Waals surface area contributed by atoms with Crippen molar-refractivity contribution in [3.05, 3.63) is 71.8 Å². The van der Waals surface area contributed by atoms with Crippen LogP contribution in [0.4, 0.5) is 16.2 Å². The quantitative estimate of drug-likeness (QED) is 0.351. The summed E-state index contributed by atoms with van der Waals surface area (Å²) in [7, 11) is 0. The topological polar surface area (TPSA) is 92.1 Å². The minimum atomic E-state index is -0.446. The number of carbonyl (C=O) groups excluding carboxylic acids is 1. The molecule has 0 aliphatic rings. The second kappa shape index (κ2) is 8.34. The number of para-hydroxylation sites is 1. The largest absolute Gasteiger partial charge is 0.504 e. The summed E-state index contributed by atoms with van der Waals surface area (Å²) in [6.07, 6.45) is 0.876. The molecule has 7 nitrogen and oxygen atoms in total. The van der Waals surface area contributed by atoms with Gasteiger partial charge in [-0.3, -0.25) is 0 Å². The van der Waals surface area contributed by atoms with E-state index in [0.29, 0.717) is 17.1 Å². The maximum Gasteiger partial charge on any atom is 0.323 e. The molecule has 0 saturated carbocycles. The number of aryl methyl sites for hydroxylation is 1. The Morgan fingerprint density at radius 3 is 2.44 bits per heavy atom. The van der Waals surface area contributed by atoms with Gasteiger partial charge in [-0.25, -0.2) is 4.79 Å². The zero-order valence-electron chi connectivity index (χ0n) is 18.7. The normalized spacial score (nSPS) is 11.5. The van der Waals surface area contributed by atoms with Gasteiger partial charge in [0, 0.05) is 5.69 Å². The molecule has 4 aromatic rings. The van der Waals surface area contributed by atoms with Crippen LogP contribution >= 0.6 is 0 Å². The summed E-state index contributed by atoms with van der Waals surface area (Å²) in [5.41, 5.74) is 4.68. The number of fused-ring (bicyclic) bond motifs is 1. The van der Waals surface area contributed by atoms with E-state index in [-0.39, 0.29) is 11.2 Å². The van der Waals surface area contributed by atoms with Crippen molar-refractivity contribution >= 4 is 28.4 Å². The summed E-state index contributed by atoms with van der Waals surface area (Å²) in [4.78, 5) is 14.0. The first kappa shape index (κ1) is 21.4. The third-order valence-electron chi connectivity index (χ3n) is 5.79. The van der Waals surface area contributed by atoms with Crippen molar-refractivity contribution in [1.82, 2.24) is 15.0 Å². The monoisotopic (exact) mass is 429 g/mol. The molecule has 0 saturated heterocycles. The van der Waals surface area contributed by atoms with Crippen molar-refractivity contribution in [3.8, 4) is 11.4 Å². The number of aromatic hydroxyl groups is 1. The molecule has 2 amide bonds. The van der Waals surface area contributed by atoms with E-state index in [0.717, 1.165) is 28.6 Å². The number of aromatic nitrogens is 3. The fourth-order valence-corrected chi connectivity index (χ4v) is 3.40. The molecule has 0 fully saturated rings. The third-order valence-corrected chi connectivity index (χ3v) is 5.79. The second-order valence-corrected chi connectivity index (χ2v) is 8.56. The summed E-state index contributed by atoms with van der Waals surface area (Å²) in [6, 6.07) is 18.2. The number of hydrogen-bond donors (Lipinski definition) is 3. The van der Waals surface area contributed by atoms with Crippen LogP contribution in [0.5, 0.6) is 5.75 Å². The van der Waals surface area contributed by atoms with E-state index >= 15 is 0 Å². The number of urea groups is 1. The number of nitrogens with zero attached hydrogens (tertiary/aromatic N) is 3. The van der Waals surface area contributed by atoms with Crippen LogP contribution < -0.4 is 10.6 Å². The van der Waals surface area contributed by atoms with E-state index < -0.39 is 6.03 Å². The smallest absolute Gasteiger partial charge is 0.323 e. The van der Waals surface area contributed by atoms with Crippen molar-refractivity contribution in [2.45, 2.75) is 39.5 Å². The molecule has 0 radical (unpaired) electrons. The Bertz CT molecular complexity index is 1280. The van der Waals surface area contributed by atoms with Gasteiger partial charge in [-0.15, -0.1) is 15.0 Å². The van der Waals surface area contributed by atoms with Gasteiger partial charge >= 0.3 is 6.03 Å². The standard InChI is InChI=1S/C25H27N5O2/c1-5-25(3,4)17-14-21(27-24(32)26-18-9-7-6-8-10-18)23(31)22(15-17)30-28-19-12-11-16(2)13-20(19)29-30/h6-15,31H,5H2,1-4H3,(H2,26,27,32). The van der Waals surface area contributed by atoms with E-state index in [1.807, 2.05) is 49.4 Å². The fraction of sp³-hybridized carbons (Fsp3) is 0.240. The summed E-state index contributed by atoms with van der Waals surface area (Å²) in [5, 5.41) is 25.7. The molecule has 4 rings (SSSR count). The Morgan fingerprint density at radius 2 is 1.72 bits per heavy atom. The Balaban J connectivity index is 1.77. The Labute approximate surface area is 187 Å². The third kappa shape index (κ3) is 4.27. The first-order valence-electron chi connectivity index (χ1n) is 10.6. The molecule has 0 unspecified atom stereocenters. The zero-order valence-corrected chi connectivity index (χ0v) is 18.7. The minimum absolute atomic E-state index is 0.0964. The maximum absolute atomic E-state index is 12.6. The van der Waals surface area contributed by atoms with Gasteiger partial charge in [0.05, 0.1) is 5.69 Å². The van der Waals surface area contributed by atoms with Crippen LogP contribution in [0, 0.1) is 6.92 Å². The van der Waals surface area contributed by atoms with Crippen LogP contribution in [-0.4, -0.2) is 26.1 Å². The Kier molecular flexibility index (Phi) is 5.57. The second-order valence-electron chi connectivity index (χ2n) is 8.56. The number of phenolic OH excluding ortho intramolecular Hbond substituents is 1. The van der Waals surface area contributed by atoms with E-state index in [1.165, 1.54) is 4.80 Å². The molecule has 0 aliphatic heterocycles. The van der Waals surface area contributed by atoms with Crippen molar-refractivity contribution in [3.63, 3.8) is 0 Å². The average Bonchev–Trinajstić information content (AvgIpc) is 3.18. The van der Waals surface area contributed by atoms with Crippen molar-refractivity contribution < 1.29 is 9.90 Å². The predicted molar refractivity (Wildman–Crippen MR) is 128 cm³/mol. The molecule has 7 heteroatoms. The van der Waals surface area contributed by atoms with Gasteiger partial charge in [0.15, 0.2) is 5.75 Å². The number of phenols is 1. The van der Waals surface area contributed by atoms with Crippen LogP contribution in [0.2, 0.25) is 0 Å². The highest BCUT2D eigenvalue weighted by molar-refractivity contribution is 6.01. The number of benzene rings is 3. The van der Waals surface area contributed by atoms with Crippen molar-refractivity contribution in [2.24, 2.45) is 0 Å². The molecule has 0 spiro atoms. The number of carbonyl (C=O) groups is 1. The minimum Gasteiger partial charge on any atom is -0.504 e.